The van der Waals surface area contributed by atoms with Gasteiger partial charge in [0, 0.05) is 5.03 Å². The van der Waals surface area contributed by atoms with Gasteiger partial charge in [-0.1, -0.05) is 41.9 Å². The van der Waals surface area contributed by atoms with Crippen LogP contribution in [0.15, 0.2) is 35.4 Å². The van der Waals surface area contributed by atoms with Gasteiger partial charge < -0.3 is 0 Å². The van der Waals surface area contributed by atoms with E-state index in [1.165, 1.54) is 30.4 Å². The zero-order valence-electron chi connectivity index (χ0n) is 9.00. The Hall–Kier alpha value is -0.460. The van der Waals surface area contributed by atoms with E-state index in [2.05, 4.69) is 24.3 Å². The summed E-state index contributed by atoms with van der Waals surface area (Å²) in [5.74, 6) is 1.24. The smallest absolute Gasteiger partial charge is 0.0723 e. The number of rotatable bonds is 1. The van der Waals surface area contributed by atoms with E-state index in [9.17, 15) is 0 Å². The van der Waals surface area contributed by atoms with Gasteiger partial charge in [0.2, 0.25) is 0 Å². The lowest BCUT2D eigenvalue weighted by Gasteiger charge is -2.27. The summed E-state index contributed by atoms with van der Waals surface area (Å²) >= 11 is 12.9. The SMILES string of the molecule is ClC1=C(c2ccccc2)[C@@H]2CC[C@@H](C2)C1Cl. The van der Waals surface area contributed by atoms with E-state index in [4.69, 9.17) is 23.2 Å². The van der Waals surface area contributed by atoms with Crippen molar-refractivity contribution in [2.75, 3.05) is 0 Å². The molecule has 0 aromatic heterocycles. The van der Waals surface area contributed by atoms with Gasteiger partial charge in [-0.05, 0) is 42.2 Å². The normalized spacial score (nSPS) is 33.2. The van der Waals surface area contributed by atoms with Crippen LogP contribution >= 0.6 is 23.2 Å². The van der Waals surface area contributed by atoms with Crippen LogP contribution in [-0.4, -0.2) is 5.38 Å². The minimum absolute atomic E-state index is 0.0376. The maximum absolute atomic E-state index is 6.45. The van der Waals surface area contributed by atoms with Crippen molar-refractivity contribution in [3.8, 4) is 0 Å². The fourth-order valence-corrected chi connectivity index (χ4v) is 3.87. The monoisotopic (exact) mass is 252 g/mol. The number of alkyl halides is 1. The first kappa shape index (κ1) is 10.7. The molecule has 0 saturated heterocycles. The zero-order valence-corrected chi connectivity index (χ0v) is 10.5. The van der Waals surface area contributed by atoms with Gasteiger partial charge in [-0.25, -0.2) is 0 Å². The number of hydrogen-bond donors (Lipinski definition) is 0. The predicted octanol–water partition coefficient (Wildman–Crippen LogP) is 4.67. The fourth-order valence-electron chi connectivity index (χ4n) is 3.09. The van der Waals surface area contributed by atoms with Gasteiger partial charge in [0.25, 0.3) is 0 Å². The number of allylic oxidation sites excluding steroid dienone is 2. The third-order valence-corrected chi connectivity index (χ3v) is 5.00. The molecule has 0 heterocycles. The molecule has 2 bridgehead atoms. The molecule has 0 N–H and O–H groups in total. The second-order valence-electron chi connectivity index (χ2n) is 4.80. The topological polar surface area (TPSA) is 0 Å². The number of benzene rings is 1. The molecule has 0 nitrogen and oxygen atoms in total. The Bertz CT molecular complexity index is 422. The molecule has 2 aliphatic rings. The van der Waals surface area contributed by atoms with Gasteiger partial charge in [0.15, 0.2) is 0 Å². The van der Waals surface area contributed by atoms with Crippen LogP contribution in [0.4, 0.5) is 0 Å². The summed E-state index contributed by atoms with van der Waals surface area (Å²) < 4.78 is 0. The summed E-state index contributed by atoms with van der Waals surface area (Å²) in [6.07, 6.45) is 3.69. The summed E-state index contributed by atoms with van der Waals surface area (Å²) in [5.41, 5.74) is 2.56. The van der Waals surface area contributed by atoms with Crippen LogP contribution in [0.1, 0.15) is 24.8 Å². The lowest BCUT2D eigenvalue weighted by Crippen LogP contribution is -2.19. The Morgan fingerprint density at radius 3 is 2.56 bits per heavy atom. The molecule has 1 fully saturated rings. The second kappa shape index (κ2) is 4.09. The van der Waals surface area contributed by atoms with Crippen LogP contribution in [0.5, 0.6) is 0 Å². The fraction of sp³-hybridized carbons (Fsp3) is 0.429. The highest BCUT2D eigenvalue weighted by atomic mass is 35.5. The maximum Gasteiger partial charge on any atom is 0.0723 e. The zero-order chi connectivity index (χ0) is 11.1. The van der Waals surface area contributed by atoms with Crippen LogP contribution in [-0.2, 0) is 0 Å². The lowest BCUT2D eigenvalue weighted by atomic mass is 9.84. The number of halogens is 2. The highest BCUT2D eigenvalue weighted by Gasteiger charge is 2.40. The number of fused-ring (bicyclic) bond motifs is 2. The standard InChI is InChI=1S/C14H14Cl2/c15-13-11-7-6-10(8-11)12(14(13)16)9-4-2-1-3-5-9/h1-5,10-11,13H,6-8H2/t10-,11+,13?/m1/s1. The van der Waals surface area contributed by atoms with Crippen molar-refractivity contribution in [3.63, 3.8) is 0 Å². The molecule has 1 aromatic carbocycles. The van der Waals surface area contributed by atoms with E-state index in [1.807, 2.05) is 6.07 Å². The third kappa shape index (κ3) is 1.59. The minimum atomic E-state index is 0.0376. The summed E-state index contributed by atoms with van der Waals surface area (Å²) in [5, 5.41) is 0.933. The quantitative estimate of drug-likeness (QED) is 0.638. The third-order valence-electron chi connectivity index (χ3n) is 3.88. The van der Waals surface area contributed by atoms with Crippen LogP contribution in [0.25, 0.3) is 5.57 Å². The first-order chi connectivity index (χ1) is 7.77. The Kier molecular flexibility index (Phi) is 2.73. The molecule has 0 radical (unpaired) electrons. The van der Waals surface area contributed by atoms with Crippen molar-refractivity contribution in [3.05, 3.63) is 40.9 Å². The summed E-state index contributed by atoms with van der Waals surface area (Å²) in [6.45, 7) is 0. The largest absolute Gasteiger partial charge is 0.117 e. The van der Waals surface area contributed by atoms with Crippen molar-refractivity contribution in [2.24, 2.45) is 11.8 Å². The summed E-state index contributed by atoms with van der Waals surface area (Å²) in [7, 11) is 0. The Labute approximate surface area is 106 Å². The van der Waals surface area contributed by atoms with Crippen LogP contribution in [0, 0.1) is 11.8 Å². The molecule has 2 aliphatic carbocycles. The summed E-state index contributed by atoms with van der Waals surface area (Å²) in [4.78, 5) is 0. The second-order valence-corrected chi connectivity index (χ2v) is 5.68. The molecule has 16 heavy (non-hydrogen) atoms. The molecular weight excluding hydrogens is 239 g/mol. The molecule has 0 spiro atoms. The average Bonchev–Trinajstić information content (AvgIpc) is 2.74. The molecule has 2 heteroatoms. The molecule has 0 aliphatic heterocycles. The highest BCUT2D eigenvalue weighted by molar-refractivity contribution is 6.40. The van der Waals surface area contributed by atoms with E-state index in [1.54, 1.807) is 0 Å². The molecule has 84 valence electrons. The van der Waals surface area contributed by atoms with E-state index in [-0.39, 0.29) is 5.38 Å². The minimum Gasteiger partial charge on any atom is -0.117 e. The van der Waals surface area contributed by atoms with Gasteiger partial charge >= 0.3 is 0 Å². The van der Waals surface area contributed by atoms with E-state index >= 15 is 0 Å². The van der Waals surface area contributed by atoms with E-state index < -0.39 is 0 Å². The molecule has 0 amide bonds. The first-order valence-corrected chi connectivity index (χ1v) is 6.68. The number of hydrogen-bond acceptors (Lipinski definition) is 0. The van der Waals surface area contributed by atoms with E-state index in [0.717, 1.165) is 5.03 Å². The van der Waals surface area contributed by atoms with Crippen molar-refractivity contribution in [1.29, 1.82) is 0 Å². The highest BCUT2D eigenvalue weighted by Crippen LogP contribution is 2.51. The Morgan fingerprint density at radius 1 is 1.06 bits per heavy atom. The predicted molar refractivity (Wildman–Crippen MR) is 69.7 cm³/mol. The average molecular weight is 253 g/mol. The van der Waals surface area contributed by atoms with E-state index in [0.29, 0.717) is 11.8 Å². The molecule has 3 rings (SSSR count). The molecule has 1 unspecified atom stereocenters. The van der Waals surface area contributed by atoms with Gasteiger partial charge in [-0.2, -0.15) is 0 Å². The van der Waals surface area contributed by atoms with Crippen molar-refractivity contribution in [2.45, 2.75) is 24.6 Å². The van der Waals surface area contributed by atoms with Crippen LogP contribution in [0.3, 0.4) is 0 Å². The van der Waals surface area contributed by atoms with Crippen LogP contribution < -0.4 is 0 Å². The van der Waals surface area contributed by atoms with Crippen molar-refractivity contribution >= 4 is 28.8 Å². The molecule has 1 saturated carbocycles. The lowest BCUT2D eigenvalue weighted by molar-refractivity contribution is 0.528. The van der Waals surface area contributed by atoms with Crippen molar-refractivity contribution < 1.29 is 0 Å². The van der Waals surface area contributed by atoms with Crippen LogP contribution in [0.2, 0.25) is 0 Å². The first-order valence-electron chi connectivity index (χ1n) is 5.86. The van der Waals surface area contributed by atoms with Gasteiger partial charge in [-0.3, -0.25) is 0 Å². The maximum atomic E-state index is 6.45. The van der Waals surface area contributed by atoms with Gasteiger partial charge in [0.05, 0.1) is 5.38 Å². The Balaban J connectivity index is 2.08. The molecule has 1 aromatic rings. The van der Waals surface area contributed by atoms with Gasteiger partial charge in [-0.15, -0.1) is 11.6 Å². The molecular formula is C14H14Cl2. The molecule has 3 atom stereocenters. The van der Waals surface area contributed by atoms with Crippen molar-refractivity contribution in [1.82, 2.24) is 0 Å². The van der Waals surface area contributed by atoms with Gasteiger partial charge in [0.1, 0.15) is 0 Å². The summed E-state index contributed by atoms with van der Waals surface area (Å²) in [6, 6.07) is 10.4. The Morgan fingerprint density at radius 2 is 1.81 bits per heavy atom.